The van der Waals surface area contributed by atoms with Crippen LogP contribution in [-0.2, 0) is 20.9 Å². The Labute approximate surface area is 263 Å². The Bertz CT molecular complexity index is 1560. The number of hydrogen-bond acceptors (Lipinski definition) is 8. The van der Waals surface area contributed by atoms with E-state index in [0.29, 0.717) is 65.9 Å². The van der Waals surface area contributed by atoms with Crippen LogP contribution in [0.1, 0.15) is 55.2 Å². The minimum atomic E-state index is -0.622. The van der Waals surface area contributed by atoms with Gasteiger partial charge in [-0.05, 0) is 54.3 Å². The predicted octanol–water partition coefficient (Wildman–Crippen LogP) is 6.94. The van der Waals surface area contributed by atoms with E-state index in [-0.39, 0.29) is 11.7 Å². The number of methoxy groups -OCH3 is 2. The minimum Gasteiger partial charge on any atom is -0.493 e. The van der Waals surface area contributed by atoms with E-state index in [2.05, 4.69) is 12.2 Å². The summed E-state index contributed by atoms with van der Waals surface area (Å²) in [6, 6.07) is 23.4. The zero-order chi connectivity index (χ0) is 31.1. The molecule has 3 aromatic rings. The number of nitrogens with one attached hydrogen (secondary N) is 1. The van der Waals surface area contributed by atoms with Crippen LogP contribution in [0.25, 0.3) is 0 Å². The number of hydrogen-bond donors (Lipinski definition) is 1. The second-order valence-corrected chi connectivity index (χ2v) is 12.2. The number of dihydropyridines is 1. The second kappa shape index (κ2) is 14.5. The highest BCUT2D eigenvalue weighted by Crippen LogP contribution is 2.48. The van der Waals surface area contributed by atoms with E-state index in [4.69, 9.17) is 18.9 Å². The first-order chi connectivity index (χ1) is 21.4. The van der Waals surface area contributed by atoms with Gasteiger partial charge in [-0.3, -0.25) is 4.79 Å². The van der Waals surface area contributed by atoms with Gasteiger partial charge in [-0.25, -0.2) is 4.79 Å². The number of carbonyl (C=O) groups is 2. The molecule has 1 aliphatic heterocycles. The molecule has 0 saturated carbocycles. The van der Waals surface area contributed by atoms with Crippen molar-refractivity contribution in [2.45, 2.75) is 45.1 Å². The number of benzene rings is 3. The maximum absolute atomic E-state index is 14.2. The summed E-state index contributed by atoms with van der Waals surface area (Å²) < 4.78 is 23.1. The minimum absolute atomic E-state index is 0.0132. The SMILES string of the molecule is CCSCCOC(=O)C1=C(C)NC2=C(C(=O)C[C@@H](c3ccc(OC)c(OC)c3)C2)[C@@H]1c1ccccc1OCc1ccccc1. The molecule has 0 saturated heterocycles. The Morgan fingerprint density at radius 2 is 1.68 bits per heavy atom. The summed E-state index contributed by atoms with van der Waals surface area (Å²) in [5, 5.41) is 3.44. The molecule has 7 nitrogen and oxygen atoms in total. The predicted molar refractivity (Wildman–Crippen MR) is 173 cm³/mol. The molecule has 1 N–H and O–H groups in total. The molecule has 0 amide bonds. The van der Waals surface area contributed by atoms with Crippen LogP contribution in [-0.4, -0.2) is 44.1 Å². The molecule has 1 heterocycles. The number of esters is 1. The van der Waals surface area contributed by atoms with Gasteiger partial charge in [-0.1, -0.05) is 61.5 Å². The lowest BCUT2D eigenvalue weighted by Crippen LogP contribution is -2.36. The largest absolute Gasteiger partial charge is 0.493 e. The van der Waals surface area contributed by atoms with Crippen molar-refractivity contribution in [2.24, 2.45) is 0 Å². The summed E-state index contributed by atoms with van der Waals surface area (Å²) in [6.45, 7) is 4.62. The van der Waals surface area contributed by atoms with Crippen molar-refractivity contribution in [1.82, 2.24) is 5.32 Å². The molecule has 0 unspecified atom stereocenters. The Hall–Kier alpha value is -4.17. The third-order valence-electron chi connectivity index (χ3n) is 8.06. The van der Waals surface area contributed by atoms with E-state index in [0.717, 1.165) is 28.1 Å². The van der Waals surface area contributed by atoms with E-state index >= 15 is 0 Å². The van der Waals surface area contributed by atoms with Gasteiger partial charge in [0, 0.05) is 34.7 Å². The van der Waals surface area contributed by atoms with Crippen LogP contribution in [0.15, 0.2) is 95.3 Å². The Morgan fingerprint density at radius 3 is 2.43 bits per heavy atom. The number of allylic oxidation sites excluding steroid dienone is 3. The normalized spacial score (nSPS) is 18.0. The zero-order valence-corrected chi connectivity index (χ0v) is 26.5. The maximum atomic E-state index is 14.2. The Kier molecular flexibility index (Phi) is 10.3. The van der Waals surface area contributed by atoms with E-state index in [1.54, 1.807) is 26.0 Å². The summed E-state index contributed by atoms with van der Waals surface area (Å²) in [4.78, 5) is 27.9. The van der Waals surface area contributed by atoms with Crippen molar-refractivity contribution in [3.8, 4) is 17.2 Å². The number of rotatable bonds is 12. The highest BCUT2D eigenvalue weighted by Gasteiger charge is 2.42. The number of Topliss-reactive ketones (excluding diaryl/α,β-unsaturated/α-hetero) is 1. The van der Waals surface area contributed by atoms with Crippen LogP contribution in [0, 0.1) is 0 Å². The molecular weight excluding hydrogens is 574 g/mol. The summed E-state index contributed by atoms with van der Waals surface area (Å²) in [5.41, 5.74) is 5.33. The van der Waals surface area contributed by atoms with Crippen LogP contribution in [0.2, 0.25) is 0 Å². The second-order valence-electron chi connectivity index (χ2n) is 10.8. The Balaban J connectivity index is 1.53. The quantitative estimate of drug-likeness (QED) is 0.174. The lowest BCUT2D eigenvalue weighted by atomic mass is 9.71. The summed E-state index contributed by atoms with van der Waals surface area (Å²) in [5.74, 6) is 2.43. The van der Waals surface area contributed by atoms with Crippen LogP contribution >= 0.6 is 11.8 Å². The number of para-hydroxylation sites is 1. The topological polar surface area (TPSA) is 83.1 Å². The van der Waals surface area contributed by atoms with Gasteiger partial charge in [0.25, 0.3) is 0 Å². The standard InChI is InChI=1S/C36H39NO6S/c1-5-44-18-17-42-36(39)33-23(2)37-28-19-26(25-15-16-31(40-3)32(21-25)41-4)20-29(38)35(28)34(33)27-13-9-10-14-30(27)43-22-24-11-7-6-8-12-24/h6-16,21,26,34,37H,5,17-20,22H2,1-4H3/t26-,34+/m0/s1. The maximum Gasteiger partial charge on any atom is 0.336 e. The van der Waals surface area contributed by atoms with Gasteiger partial charge in [0.2, 0.25) is 0 Å². The average molecular weight is 614 g/mol. The van der Waals surface area contributed by atoms with E-state index in [1.165, 1.54) is 0 Å². The fourth-order valence-electron chi connectivity index (χ4n) is 5.96. The fourth-order valence-corrected chi connectivity index (χ4v) is 6.45. The van der Waals surface area contributed by atoms with Crippen molar-refractivity contribution in [3.63, 3.8) is 0 Å². The molecule has 0 bridgehead atoms. The molecule has 1 aliphatic carbocycles. The highest BCUT2D eigenvalue weighted by atomic mass is 32.2. The fraction of sp³-hybridized carbons (Fsp3) is 0.333. The molecule has 0 fully saturated rings. The lowest BCUT2D eigenvalue weighted by molar-refractivity contribution is -0.138. The van der Waals surface area contributed by atoms with Gasteiger partial charge in [-0.15, -0.1) is 0 Å². The zero-order valence-electron chi connectivity index (χ0n) is 25.7. The van der Waals surface area contributed by atoms with Gasteiger partial charge in [0.15, 0.2) is 17.3 Å². The first-order valence-corrected chi connectivity index (χ1v) is 16.1. The van der Waals surface area contributed by atoms with Gasteiger partial charge < -0.3 is 24.3 Å². The van der Waals surface area contributed by atoms with Crippen molar-refractivity contribution in [1.29, 1.82) is 0 Å². The average Bonchev–Trinajstić information content (AvgIpc) is 3.05. The first-order valence-electron chi connectivity index (χ1n) is 14.9. The highest BCUT2D eigenvalue weighted by molar-refractivity contribution is 7.99. The van der Waals surface area contributed by atoms with Crippen molar-refractivity contribution in [2.75, 3.05) is 32.3 Å². The smallest absolute Gasteiger partial charge is 0.336 e. The summed E-state index contributed by atoms with van der Waals surface area (Å²) in [6.07, 6.45) is 0.904. The van der Waals surface area contributed by atoms with Crippen molar-refractivity contribution < 1.29 is 28.5 Å². The Morgan fingerprint density at radius 1 is 0.932 bits per heavy atom. The molecule has 2 aliphatic rings. The molecule has 230 valence electrons. The van der Waals surface area contributed by atoms with Gasteiger partial charge in [0.05, 0.1) is 25.7 Å². The molecule has 5 rings (SSSR count). The van der Waals surface area contributed by atoms with Crippen molar-refractivity contribution >= 4 is 23.5 Å². The van der Waals surface area contributed by atoms with Crippen LogP contribution < -0.4 is 19.5 Å². The van der Waals surface area contributed by atoms with E-state index in [1.807, 2.05) is 79.7 Å². The molecule has 0 radical (unpaired) electrons. The van der Waals surface area contributed by atoms with Gasteiger partial charge >= 0.3 is 5.97 Å². The third kappa shape index (κ3) is 6.81. The van der Waals surface area contributed by atoms with Gasteiger partial charge in [-0.2, -0.15) is 11.8 Å². The molecule has 2 atom stereocenters. The van der Waals surface area contributed by atoms with Gasteiger partial charge in [0.1, 0.15) is 19.0 Å². The number of thioether (sulfide) groups is 1. The van der Waals surface area contributed by atoms with Crippen LogP contribution in [0.5, 0.6) is 17.2 Å². The molecule has 3 aromatic carbocycles. The van der Waals surface area contributed by atoms with Crippen LogP contribution in [0.4, 0.5) is 0 Å². The monoisotopic (exact) mass is 613 g/mol. The van der Waals surface area contributed by atoms with E-state index < -0.39 is 11.9 Å². The number of ketones is 1. The molecular formula is C36H39NO6S. The summed E-state index contributed by atoms with van der Waals surface area (Å²) >= 11 is 1.71. The van der Waals surface area contributed by atoms with Crippen molar-refractivity contribution in [3.05, 3.63) is 112 Å². The van der Waals surface area contributed by atoms with E-state index in [9.17, 15) is 9.59 Å². The molecule has 0 spiro atoms. The first kappa shape index (κ1) is 31.3. The third-order valence-corrected chi connectivity index (χ3v) is 8.92. The summed E-state index contributed by atoms with van der Waals surface area (Å²) in [7, 11) is 3.21. The lowest BCUT2D eigenvalue weighted by Gasteiger charge is -2.37. The molecule has 44 heavy (non-hydrogen) atoms. The van der Waals surface area contributed by atoms with Crippen LogP contribution in [0.3, 0.4) is 0 Å². The number of carbonyl (C=O) groups excluding carboxylic acids is 2. The molecule has 0 aromatic heterocycles. The molecule has 8 heteroatoms. The number of ether oxygens (including phenoxy) is 4.